The molecule has 2 rings (SSSR count). The first-order valence-electron chi connectivity index (χ1n) is 6.23. The minimum absolute atomic E-state index is 0.156. The monoisotopic (exact) mass is 255 g/mol. The summed E-state index contributed by atoms with van der Waals surface area (Å²) in [6.45, 7) is 2.46. The Labute approximate surface area is 112 Å². The molecule has 0 bridgehead atoms. The van der Waals surface area contributed by atoms with Gasteiger partial charge in [0.1, 0.15) is 5.82 Å². The molecule has 98 valence electrons. The number of hydrogen-bond acceptors (Lipinski definition) is 3. The van der Waals surface area contributed by atoms with Gasteiger partial charge < -0.3 is 11.1 Å². The number of carbonyl (C=O) groups is 1. The van der Waals surface area contributed by atoms with Crippen molar-refractivity contribution < 1.29 is 4.79 Å². The van der Waals surface area contributed by atoms with Crippen molar-refractivity contribution in [3.8, 4) is 0 Å². The molecule has 2 aromatic rings. The SMILES string of the molecule is Cc1cccc(NC(=O)c2cccc(CCN)c2)n1. The molecule has 0 aliphatic rings. The lowest BCUT2D eigenvalue weighted by Gasteiger charge is -2.06. The predicted octanol–water partition coefficient (Wildman–Crippen LogP) is 2.14. The summed E-state index contributed by atoms with van der Waals surface area (Å²) in [7, 11) is 0. The molecule has 19 heavy (non-hydrogen) atoms. The summed E-state index contributed by atoms with van der Waals surface area (Å²) in [5.74, 6) is 0.409. The molecule has 1 heterocycles. The highest BCUT2D eigenvalue weighted by Crippen LogP contribution is 2.10. The van der Waals surface area contributed by atoms with Crippen LogP contribution in [0.2, 0.25) is 0 Å². The molecule has 0 aliphatic carbocycles. The van der Waals surface area contributed by atoms with E-state index in [1.54, 1.807) is 12.1 Å². The van der Waals surface area contributed by atoms with Crippen LogP contribution in [0.5, 0.6) is 0 Å². The standard InChI is InChI=1S/C15H17N3O/c1-11-4-2-7-14(17-11)18-15(19)13-6-3-5-12(10-13)8-9-16/h2-7,10H,8-9,16H2,1H3,(H,17,18,19). The van der Waals surface area contributed by atoms with Crippen LogP contribution < -0.4 is 11.1 Å². The highest BCUT2D eigenvalue weighted by Gasteiger charge is 2.07. The lowest BCUT2D eigenvalue weighted by atomic mass is 10.1. The lowest BCUT2D eigenvalue weighted by molar-refractivity contribution is 0.102. The van der Waals surface area contributed by atoms with E-state index in [1.807, 2.05) is 37.3 Å². The Morgan fingerprint density at radius 2 is 2.05 bits per heavy atom. The molecule has 3 N–H and O–H groups in total. The summed E-state index contributed by atoms with van der Waals surface area (Å²) in [6.07, 6.45) is 0.768. The Hall–Kier alpha value is -2.20. The van der Waals surface area contributed by atoms with E-state index >= 15 is 0 Å². The fourth-order valence-corrected chi connectivity index (χ4v) is 1.84. The molecule has 0 spiro atoms. The van der Waals surface area contributed by atoms with Gasteiger partial charge in [-0.3, -0.25) is 4.79 Å². The molecule has 0 saturated carbocycles. The van der Waals surface area contributed by atoms with Gasteiger partial charge in [0.25, 0.3) is 5.91 Å². The molecule has 0 aliphatic heterocycles. The van der Waals surface area contributed by atoms with Crippen LogP contribution in [0.15, 0.2) is 42.5 Å². The number of amides is 1. The van der Waals surface area contributed by atoms with Gasteiger partial charge in [-0.15, -0.1) is 0 Å². The number of hydrogen-bond donors (Lipinski definition) is 2. The number of nitrogens with two attached hydrogens (primary N) is 1. The first-order chi connectivity index (χ1) is 9.19. The van der Waals surface area contributed by atoms with Gasteiger partial charge in [-0.05, 0) is 49.7 Å². The van der Waals surface area contributed by atoms with Crippen molar-refractivity contribution in [2.45, 2.75) is 13.3 Å². The summed E-state index contributed by atoms with van der Waals surface area (Å²) in [5.41, 5.74) is 8.07. The molecule has 0 unspecified atom stereocenters. The minimum Gasteiger partial charge on any atom is -0.330 e. The minimum atomic E-state index is -0.156. The van der Waals surface area contributed by atoms with Crippen LogP contribution >= 0.6 is 0 Å². The summed E-state index contributed by atoms with van der Waals surface area (Å²) in [6, 6.07) is 13.0. The van der Waals surface area contributed by atoms with Crippen molar-refractivity contribution >= 4 is 11.7 Å². The number of benzene rings is 1. The molecule has 0 atom stereocenters. The summed E-state index contributed by atoms with van der Waals surface area (Å²) in [4.78, 5) is 16.3. The second-order valence-electron chi connectivity index (χ2n) is 4.36. The third-order valence-electron chi connectivity index (χ3n) is 2.75. The van der Waals surface area contributed by atoms with Crippen molar-refractivity contribution in [3.05, 3.63) is 59.3 Å². The summed E-state index contributed by atoms with van der Waals surface area (Å²) < 4.78 is 0. The van der Waals surface area contributed by atoms with E-state index in [9.17, 15) is 4.79 Å². The van der Waals surface area contributed by atoms with Crippen LogP contribution in [0, 0.1) is 6.92 Å². The largest absolute Gasteiger partial charge is 0.330 e. The van der Waals surface area contributed by atoms with Gasteiger partial charge in [0, 0.05) is 11.3 Å². The van der Waals surface area contributed by atoms with E-state index in [-0.39, 0.29) is 5.91 Å². The van der Waals surface area contributed by atoms with Crippen LogP contribution in [-0.2, 0) is 6.42 Å². The predicted molar refractivity (Wildman–Crippen MR) is 76.1 cm³/mol. The quantitative estimate of drug-likeness (QED) is 0.879. The van der Waals surface area contributed by atoms with E-state index in [0.717, 1.165) is 17.7 Å². The van der Waals surface area contributed by atoms with Gasteiger partial charge in [-0.2, -0.15) is 0 Å². The molecule has 4 heteroatoms. The van der Waals surface area contributed by atoms with Crippen LogP contribution in [0.4, 0.5) is 5.82 Å². The fraction of sp³-hybridized carbons (Fsp3) is 0.200. The van der Waals surface area contributed by atoms with Gasteiger partial charge >= 0.3 is 0 Å². The molecule has 0 radical (unpaired) electrons. The zero-order chi connectivity index (χ0) is 13.7. The summed E-state index contributed by atoms with van der Waals surface area (Å²) in [5, 5.41) is 2.79. The van der Waals surface area contributed by atoms with Crippen LogP contribution in [0.25, 0.3) is 0 Å². The second-order valence-corrected chi connectivity index (χ2v) is 4.36. The van der Waals surface area contributed by atoms with Crippen LogP contribution in [0.3, 0.4) is 0 Å². The number of anilines is 1. The fourth-order valence-electron chi connectivity index (χ4n) is 1.84. The van der Waals surface area contributed by atoms with Gasteiger partial charge in [0.2, 0.25) is 0 Å². The van der Waals surface area contributed by atoms with Gasteiger partial charge in [-0.25, -0.2) is 4.98 Å². The van der Waals surface area contributed by atoms with Gasteiger partial charge in [0.15, 0.2) is 0 Å². The first-order valence-corrected chi connectivity index (χ1v) is 6.23. The van der Waals surface area contributed by atoms with E-state index < -0.39 is 0 Å². The highest BCUT2D eigenvalue weighted by molar-refractivity contribution is 6.03. The number of aromatic nitrogens is 1. The van der Waals surface area contributed by atoms with Crippen molar-refractivity contribution in [2.75, 3.05) is 11.9 Å². The molecular formula is C15H17N3O. The second kappa shape index (κ2) is 6.11. The first kappa shape index (κ1) is 13.2. The molecule has 1 amide bonds. The Balaban J connectivity index is 2.13. The van der Waals surface area contributed by atoms with Crippen LogP contribution in [-0.4, -0.2) is 17.4 Å². The number of nitrogens with zero attached hydrogens (tertiary/aromatic N) is 1. The van der Waals surface area contributed by atoms with Gasteiger partial charge in [0.05, 0.1) is 0 Å². The average molecular weight is 255 g/mol. The molecule has 0 fully saturated rings. The maximum atomic E-state index is 12.1. The zero-order valence-electron chi connectivity index (χ0n) is 10.9. The van der Waals surface area contributed by atoms with E-state index in [2.05, 4.69) is 10.3 Å². The van der Waals surface area contributed by atoms with E-state index in [4.69, 9.17) is 5.73 Å². The maximum Gasteiger partial charge on any atom is 0.256 e. The topological polar surface area (TPSA) is 68.0 Å². The normalized spacial score (nSPS) is 10.2. The number of carbonyl (C=O) groups excluding carboxylic acids is 1. The van der Waals surface area contributed by atoms with Gasteiger partial charge in [-0.1, -0.05) is 18.2 Å². The van der Waals surface area contributed by atoms with E-state index in [1.165, 1.54) is 0 Å². The number of nitrogens with one attached hydrogen (secondary N) is 1. The number of aryl methyl sites for hydroxylation is 1. The van der Waals surface area contributed by atoms with Crippen molar-refractivity contribution in [1.82, 2.24) is 4.98 Å². The molecule has 1 aromatic heterocycles. The average Bonchev–Trinajstić information content (AvgIpc) is 2.39. The maximum absolute atomic E-state index is 12.1. The Bertz CT molecular complexity index is 581. The van der Waals surface area contributed by atoms with Crippen molar-refractivity contribution in [2.24, 2.45) is 5.73 Å². The molecular weight excluding hydrogens is 238 g/mol. The smallest absolute Gasteiger partial charge is 0.256 e. The van der Waals surface area contributed by atoms with E-state index in [0.29, 0.717) is 17.9 Å². The molecule has 1 aromatic carbocycles. The number of pyridine rings is 1. The highest BCUT2D eigenvalue weighted by atomic mass is 16.1. The molecule has 0 saturated heterocycles. The van der Waals surface area contributed by atoms with Crippen LogP contribution in [0.1, 0.15) is 21.6 Å². The Morgan fingerprint density at radius 1 is 1.26 bits per heavy atom. The zero-order valence-corrected chi connectivity index (χ0v) is 10.9. The Kier molecular flexibility index (Phi) is 4.26. The third kappa shape index (κ3) is 3.63. The number of rotatable bonds is 4. The third-order valence-corrected chi connectivity index (χ3v) is 2.75. The van der Waals surface area contributed by atoms with Crippen molar-refractivity contribution in [1.29, 1.82) is 0 Å². The van der Waals surface area contributed by atoms with Crippen molar-refractivity contribution in [3.63, 3.8) is 0 Å². The summed E-state index contributed by atoms with van der Waals surface area (Å²) >= 11 is 0. The Morgan fingerprint density at radius 3 is 2.79 bits per heavy atom. The molecule has 4 nitrogen and oxygen atoms in total. The lowest BCUT2D eigenvalue weighted by Crippen LogP contribution is -2.13.